The quantitative estimate of drug-likeness (QED) is 0.844. The van der Waals surface area contributed by atoms with Gasteiger partial charge in [-0.1, -0.05) is 38.1 Å². The first-order valence-corrected chi connectivity index (χ1v) is 9.73. The Morgan fingerprint density at radius 3 is 2.42 bits per heavy atom. The molecule has 2 N–H and O–H groups in total. The highest BCUT2D eigenvalue weighted by molar-refractivity contribution is 5.70. The minimum absolute atomic E-state index is 0.0726. The molecule has 26 heavy (non-hydrogen) atoms. The van der Waals surface area contributed by atoms with Crippen LogP contribution in [0.3, 0.4) is 0 Å². The van der Waals surface area contributed by atoms with Crippen LogP contribution < -0.4 is 0 Å². The standard InChI is InChI=1S/C21H31NO4/c1-15(2)19-12-18(23)13-21(26-19)7-9-22(10-8-21)14-17-5-3-16(4-6-17)11-20(24)25/h3-6,15,18-19,23H,7-14H2,1-2H3,(H,24,25)/t18-,19-/m1/s1. The number of ether oxygens (including phenoxy) is 1. The summed E-state index contributed by atoms with van der Waals surface area (Å²) in [5, 5.41) is 19.2. The summed E-state index contributed by atoms with van der Waals surface area (Å²) < 4.78 is 6.46. The molecular weight excluding hydrogens is 330 g/mol. The van der Waals surface area contributed by atoms with Crippen molar-refractivity contribution in [3.05, 3.63) is 35.4 Å². The van der Waals surface area contributed by atoms with Gasteiger partial charge < -0.3 is 14.9 Å². The summed E-state index contributed by atoms with van der Waals surface area (Å²) in [6.45, 7) is 7.14. The summed E-state index contributed by atoms with van der Waals surface area (Å²) >= 11 is 0. The second-order valence-corrected chi connectivity index (χ2v) is 8.34. The summed E-state index contributed by atoms with van der Waals surface area (Å²) in [5.41, 5.74) is 1.89. The average molecular weight is 361 g/mol. The van der Waals surface area contributed by atoms with Crippen LogP contribution in [0.4, 0.5) is 0 Å². The zero-order chi connectivity index (χ0) is 18.7. The first-order valence-electron chi connectivity index (χ1n) is 9.73. The van der Waals surface area contributed by atoms with Crippen LogP contribution in [0.1, 0.15) is 50.7 Å². The van der Waals surface area contributed by atoms with Gasteiger partial charge in [-0.3, -0.25) is 9.69 Å². The largest absolute Gasteiger partial charge is 0.481 e. The van der Waals surface area contributed by atoms with Crippen molar-refractivity contribution in [1.82, 2.24) is 4.90 Å². The van der Waals surface area contributed by atoms with E-state index in [1.54, 1.807) is 0 Å². The van der Waals surface area contributed by atoms with Crippen LogP contribution in [0.5, 0.6) is 0 Å². The predicted octanol–water partition coefficient (Wildman–Crippen LogP) is 2.84. The highest BCUT2D eigenvalue weighted by Crippen LogP contribution is 2.39. The lowest BCUT2D eigenvalue weighted by Gasteiger charge is -2.49. The van der Waals surface area contributed by atoms with E-state index in [1.807, 2.05) is 24.3 Å². The molecule has 144 valence electrons. The van der Waals surface area contributed by atoms with Crippen LogP contribution >= 0.6 is 0 Å². The molecule has 2 heterocycles. The predicted molar refractivity (Wildman–Crippen MR) is 100.0 cm³/mol. The number of aliphatic hydroxyl groups excluding tert-OH is 1. The Labute approximate surface area is 156 Å². The van der Waals surface area contributed by atoms with E-state index in [1.165, 1.54) is 5.56 Å². The molecule has 5 heteroatoms. The third-order valence-corrected chi connectivity index (χ3v) is 5.81. The number of likely N-dealkylation sites (tertiary alicyclic amines) is 1. The van der Waals surface area contributed by atoms with E-state index in [2.05, 4.69) is 18.7 Å². The van der Waals surface area contributed by atoms with E-state index in [-0.39, 0.29) is 24.2 Å². The molecular formula is C21H31NO4. The Kier molecular flexibility index (Phi) is 6.00. The monoisotopic (exact) mass is 361 g/mol. The van der Waals surface area contributed by atoms with Gasteiger partial charge in [0.2, 0.25) is 0 Å². The molecule has 3 rings (SSSR count). The van der Waals surface area contributed by atoms with E-state index in [0.29, 0.717) is 5.92 Å². The molecule has 0 radical (unpaired) electrons. The van der Waals surface area contributed by atoms with Gasteiger partial charge in [0.25, 0.3) is 0 Å². The van der Waals surface area contributed by atoms with Crippen molar-refractivity contribution in [2.45, 2.75) is 70.3 Å². The number of piperidine rings is 1. The Morgan fingerprint density at radius 2 is 1.85 bits per heavy atom. The molecule has 5 nitrogen and oxygen atoms in total. The Balaban J connectivity index is 1.54. The number of carbonyl (C=O) groups is 1. The van der Waals surface area contributed by atoms with Gasteiger partial charge >= 0.3 is 5.97 Å². The summed E-state index contributed by atoms with van der Waals surface area (Å²) in [4.78, 5) is 13.2. The van der Waals surface area contributed by atoms with E-state index in [0.717, 1.165) is 50.9 Å². The Bertz CT molecular complexity index is 605. The molecule has 0 unspecified atom stereocenters. The van der Waals surface area contributed by atoms with Crippen molar-refractivity contribution < 1.29 is 19.7 Å². The van der Waals surface area contributed by atoms with Crippen LogP contribution in [0, 0.1) is 5.92 Å². The first-order chi connectivity index (χ1) is 12.3. The zero-order valence-corrected chi connectivity index (χ0v) is 15.9. The molecule has 0 amide bonds. The second kappa shape index (κ2) is 8.07. The van der Waals surface area contributed by atoms with Crippen molar-refractivity contribution in [3.8, 4) is 0 Å². The molecule has 1 spiro atoms. The number of nitrogens with zero attached hydrogens (tertiary/aromatic N) is 1. The molecule has 0 aromatic heterocycles. The van der Waals surface area contributed by atoms with Crippen molar-refractivity contribution in [2.75, 3.05) is 13.1 Å². The van der Waals surface area contributed by atoms with Gasteiger partial charge in [-0.25, -0.2) is 0 Å². The van der Waals surface area contributed by atoms with E-state index >= 15 is 0 Å². The van der Waals surface area contributed by atoms with Gasteiger partial charge in [-0.15, -0.1) is 0 Å². The normalized spacial score (nSPS) is 26.3. The third kappa shape index (κ3) is 4.84. The van der Waals surface area contributed by atoms with Crippen LogP contribution in [-0.4, -0.2) is 52.0 Å². The Hall–Kier alpha value is -1.43. The number of hydrogen-bond acceptors (Lipinski definition) is 4. The summed E-state index contributed by atoms with van der Waals surface area (Å²) in [6.07, 6.45) is 3.43. The average Bonchev–Trinajstić information content (AvgIpc) is 2.58. The first kappa shape index (κ1) is 19.3. The number of aliphatic carboxylic acids is 1. The Morgan fingerprint density at radius 1 is 1.23 bits per heavy atom. The second-order valence-electron chi connectivity index (χ2n) is 8.34. The lowest BCUT2D eigenvalue weighted by molar-refractivity contribution is -0.193. The maximum Gasteiger partial charge on any atom is 0.307 e. The number of aliphatic hydroxyl groups is 1. The fraction of sp³-hybridized carbons (Fsp3) is 0.667. The maximum absolute atomic E-state index is 10.8. The summed E-state index contributed by atoms with van der Waals surface area (Å²) in [5.74, 6) is -0.363. The molecule has 0 saturated carbocycles. The molecule has 1 aromatic carbocycles. The number of hydrogen-bond donors (Lipinski definition) is 2. The van der Waals surface area contributed by atoms with Crippen molar-refractivity contribution in [3.63, 3.8) is 0 Å². The van der Waals surface area contributed by atoms with Gasteiger partial charge in [0.1, 0.15) is 0 Å². The molecule has 2 atom stereocenters. The molecule has 0 bridgehead atoms. The van der Waals surface area contributed by atoms with Crippen LogP contribution in [0.25, 0.3) is 0 Å². The molecule has 2 fully saturated rings. The molecule has 2 aliphatic rings. The van der Waals surface area contributed by atoms with Gasteiger partial charge in [-0.2, -0.15) is 0 Å². The van der Waals surface area contributed by atoms with Crippen LogP contribution in [0.2, 0.25) is 0 Å². The van der Waals surface area contributed by atoms with E-state index < -0.39 is 5.97 Å². The van der Waals surface area contributed by atoms with Crippen molar-refractivity contribution >= 4 is 5.97 Å². The number of carboxylic acid groups (broad SMARTS) is 1. The van der Waals surface area contributed by atoms with E-state index in [9.17, 15) is 9.90 Å². The molecule has 2 aliphatic heterocycles. The molecule has 0 aliphatic carbocycles. The highest BCUT2D eigenvalue weighted by Gasteiger charge is 2.43. The topological polar surface area (TPSA) is 70.0 Å². The fourth-order valence-electron chi connectivity index (χ4n) is 4.24. The lowest BCUT2D eigenvalue weighted by atomic mass is 9.80. The van der Waals surface area contributed by atoms with Gasteiger partial charge in [0.15, 0.2) is 0 Å². The minimum atomic E-state index is -0.798. The minimum Gasteiger partial charge on any atom is -0.481 e. The maximum atomic E-state index is 10.8. The number of rotatable bonds is 5. The number of carboxylic acids is 1. The molecule has 2 saturated heterocycles. The van der Waals surface area contributed by atoms with Gasteiger partial charge in [0.05, 0.1) is 24.2 Å². The SMILES string of the molecule is CC(C)[C@H]1C[C@@H](O)CC2(CCN(Cc3ccc(CC(=O)O)cc3)CC2)O1. The summed E-state index contributed by atoms with van der Waals surface area (Å²) in [7, 11) is 0. The van der Waals surface area contributed by atoms with Gasteiger partial charge in [0, 0.05) is 26.1 Å². The third-order valence-electron chi connectivity index (χ3n) is 5.81. The summed E-state index contributed by atoms with van der Waals surface area (Å²) in [6, 6.07) is 7.86. The lowest BCUT2D eigenvalue weighted by Crippen LogP contribution is -2.53. The van der Waals surface area contributed by atoms with E-state index in [4.69, 9.17) is 9.84 Å². The highest BCUT2D eigenvalue weighted by atomic mass is 16.5. The van der Waals surface area contributed by atoms with Crippen LogP contribution in [0.15, 0.2) is 24.3 Å². The number of benzene rings is 1. The van der Waals surface area contributed by atoms with Crippen molar-refractivity contribution in [2.24, 2.45) is 5.92 Å². The van der Waals surface area contributed by atoms with Crippen molar-refractivity contribution in [1.29, 1.82) is 0 Å². The van der Waals surface area contributed by atoms with Crippen LogP contribution in [-0.2, 0) is 22.5 Å². The zero-order valence-electron chi connectivity index (χ0n) is 15.9. The smallest absolute Gasteiger partial charge is 0.307 e. The fourth-order valence-corrected chi connectivity index (χ4v) is 4.24. The van der Waals surface area contributed by atoms with Gasteiger partial charge in [-0.05, 0) is 36.3 Å². The molecule has 1 aromatic rings.